The Morgan fingerprint density at radius 3 is 0.333 bits per heavy atom. The maximum atomic E-state index is 0. The van der Waals surface area contributed by atoms with E-state index in [2.05, 4.69) is 0 Å². The molecular weight excluding hydrogens is 120 g/mol. The first kappa shape index (κ1) is 231. The zero-order valence-corrected chi connectivity index (χ0v) is 2.50. The van der Waals surface area contributed by atoms with E-state index in [1.54, 1.807) is 0 Å². The van der Waals surface area contributed by atoms with E-state index in [-0.39, 0.29) is 65.1 Å². The number of hydrogen-bond donors (Lipinski definition) is 0. The van der Waals surface area contributed by atoms with Crippen molar-refractivity contribution in [3.63, 3.8) is 0 Å². The van der Waals surface area contributed by atoms with E-state index in [1.807, 2.05) is 0 Å². The first-order valence-corrected chi connectivity index (χ1v) is 0. The van der Waals surface area contributed by atoms with Gasteiger partial charge in [0.15, 0.2) is 0 Å². The number of hydrogen-bond acceptors (Lipinski definition) is 0. The van der Waals surface area contributed by atoms with Gasteiger partial charge in [-0.1, -0.05) is 0 Å². The summed E-state index contributed by atoms with van der Waals surface area (Å²) in [6, 6.07) is 0. The Morgan fingerprint density at radius 1 is 0.333 bits per heavy atom. The molecule has 6 heteroatoms. The topological polar surface area (TPSA) is 158 Å². The third-order valence-corrected chi connectivity index (χ3v) is 0. The van der Waals surface area contributed by atoms with Crippen LogP contribution in [-0.2, 0) is 0 Å². The summed E-state index contributed by atoms with van der Waals surface area (Å²) in [6.07, 6.45) is 0. The third kappa shape index (κ3) is 74.3. The molecule has 0 saturated carbocycles. The van der Waals surface area contributed by atoms with Crippen molar-refractivity contribution in [2.24, 2.45) is 0 Å². The minimum absolute atomic E-state index is 0. The van der Waals surface area contributed by atoms with Crippen LogP contribution in [-0.4, -0.2) is 65.1 Å². The molecule has 0 rings (SSSR count). The summed E-state index contributed by atoms with van der Waals surface area (Å²) in [5.41, 5.74) is 0. The van der Waals surface area contributed by atoms with Crippen molar-refractivity contribution in [1.82, 2.24) is 0 Å². The SMILES string of the molecule is O.O.O.O.O.[CaH2]. The van der Waals surface area contributed by atoms with Gasteiger partial charge in [-0.05, 0) is 0 Å². The van der Waals surface area contributed by atoms with Crippen LogP contribution in [0.3, 0.4) is 0 Å². The van der Waals surface area contributed by atoms with E-state index in [0.29, 0.717) is 0 Å². The van der Waals surface area contributed by atoms with E-state index in [0.717, 1.165) is 0 Å². The van der Waals surface area contributed by atoms with Crippen molar-refractivity contribution in [3.05, 3.63) is 0 Å². The van der Waals surface area contributed by atoms with Gasteiger partial charge in [0.1, 0.15) is 0 Å². The summed E-state index contributed by atoms with van der Waals surface area (Å²) in [4.78, 5) is 0. The Balaban J connectivity index is 0. The van der Waals surface area contributed by atoms with Crippen LogP contribution in [0.5, 0.6) is 0 Å². The molecule has 5 nitrogen and oxygen atoms in total. The molecule has 0 radical (unpaired) electrons. The van der Waals surface area contributed by atoms with Gasteiger partial charge in [0.2, 0.25) is 0 Å². The second-order valence-electron chi connectivity index (χ2n) is 0. The summed E-state index contributed by atoms with van der Waals surface area (Å²) >= 11 is 0. The average Bonchev–Trinajstić information content (AvgIpc) is 0. The van der Waals surface area contributed by atoms with Gasteiger partial charge in [-0.2, -0.15) is 0 Å². The Bertz CT molecular complexity index is 3.90. The maximum absolute atomic E-state index is 0. The first-order chi connectivity index (χ1) is 0. The fraction of sp³-hybridized carbons (Fsp3) is 0. The molecule has 0 aliphatic carbocycles. The van der Waals surface area contributed by atoms with Crippen LogP contribution in [0.15, 0.2) is 0 Å². The molecule has 0 amide bonds. The first-order valence-electron chi connectivity index (χ1n) is 0. The molecule has 0 atom stereocenters. The number of rotatable bonds is 0. The molecule has 0 aliphatic rings. The van der Waals surface area contributed by atoms with Gasteiger partial charge in [0, 0.05) is 0 Å². The fourth-order valence-corrected chi connectivity index (χ4v) is 0. The molecule has 10 N–H and O–H groups in total. The normalized spacial score (nSPS) is 0. The average molecular weight is 132 g/mol. The molecule has 0 bridgehead atoms. The Morgan fingerprint density at radius 2 is 0.333 bits per heavy atom. The zero-order chi connectivity index (χ0) is 0. The molecule has 0 heterocycles. The second-order valence-corrected chi connectivity index (χ2v) is 0. The summed E-state index contributed by atoms with van der Waals surface area (Å²) in [5, 5.41) is 0. The van der Waals surface area contributed by atoms with E-state index in [4.69, 9.17) is 0 Å². The van der Waals surface area contributed by atoms with E-state index < -0.39 is 0 Å². The quantitative estimate of drug-likeness (QED) is 0.289. The van der Waals surface area contributed by atoms with E-state index in [9.17, 15) is 0 Å². The Kier molecular flexibility index (Phi) is 5310. The molecular formula is H12CaO5. The van der Waals surface area contributed by atoms with Crippen molar-refractivity contribution >= 4 is 37.7 Å². The molecule has 0 saturated heterocycles. The van der Waals surface area contributed by atoms with Crippen molar-refractivity contribution in [2.75, 3.05) is 0 Å². The van der Waals surface area contributed by atoms with Crippen LogP contribution in [0, 0.1) is 0 Å². The van der Waals surface area contributed by atoms with Crippen LogP contribution in [0.25, 0.3) is 0 Å². The van der Waals surface area contributed by atoms with Crippen LogP contribution in [0.4, 0.5) is 0 Å². The zero-order valence-electron chi connectivity index (χ0n) is 2.50. The molecule has 0 aromatic rings. The summed E-state index contributed by atoms with van der Waals surface area (Å²) in [5.74, 6) is 0. The van der Waals surface area contributed by atoms with Gasteiger partial charge >= 0.3 is 37.7 Å². The summed E-state index contributed by atoms with van der Waals surface area (Å²) < 4.78 is 0. The van der Waals surface area contributed by atoms with Gasteiger partial charge in [-0.15, -0.1) is 0 Å². The van der Waals surface area contributed by atoms with E-state index >= 15 is 0 Å². The van der Waals surface area contributed by atoms with Crippen LogP contribution in [0.2, 0.25) is 0 Å². The van der Waals surface area contributed by atoms with Gasteiger partial charge < -0.3 is 27.4 Å². The van der Waals surface area contributed by atoms with Crippen molar-refractivity contribution in [1.29, 1.82) is 0 Å². The summed E-state index contributed by atoms with van der Waals surface area (Å²) in [6.45, 7) is 0. The molecule has 6 heavy (non-hydrogen) atoms. The van der Waals surface area contributed by atoms with Crippen LogP contribution < -0.4 is 0 Å². The monoisotopic (exact) mass is 132 g/mol. The molecule has 0 aliphatic heterocycles. The molecule has 44 valence electrons. The molecule has 0 fully saturated rings. The van der Waals surface area contributed by atoms with Gasteiger partial charge in [-0.25, -0.2) is 0 Å². The van der Waals surface area contributed by atoms with Crippen LogP contribution >= 0.6 is 0 Å². The molecule has 0 spiro atoms. The fourth-order valence-electron chi connectivity index (χ4n) is 0. The van der Waals surface area contributed by atoms with Crippen LogP contribution in [0.1, 0.15) is 0 Å². The Labute approximate surface area is 64.9 Å². The predicted molar refractivity (Wildman–Crippen MR) is 26.6 cm³/mol. The molecule has 0 aromatic heterocycles. The third-order valence-electron chi connectivity index (χ3n) is 0. The van der Waals surface area contributed by atoms with Gasteiger partial charge in [-0.3, -0.25) is 0 Å². The van der Waals surface area contributed by atoms with Crippen molar-refractivity contribution in [2.45, 2.75) is 0 Å². The van der Waals surface area contributed by atoms with Gasteiger partial charge in [0.05, 0.1) is 0 Å². The Hall–Kier alpha value is 1.06. The van der Waals surface area contributed by atoms with E-state index in [1.165, 1.54) is 0 Å². The second kappa shape index (κ2) is 138. The standard InChI is InChI=1S/Ca.5H2O.2H/h;5*1H2;;. The van der Waals surface area contributed by atoms with Crippen molar-refractivity contribution < 1.29 is 27.4 Å². The predicted octanol–water partition coefficient (Wildman–Crippen LogP) is -5.04. The molecule has 0 aromatic carbocycles. The van der Waals surface area contributed by atoms with Crippen molar-refractivity contribution in [3.8, 4) is 0 Å². The molecule has 0 unspecified atom stereocenters. The minimum atomic E-state index is 0. The van der Waals surface area contributed by atoms with Gasteiger partial charge in [0.25, 0.3) is 0 Å². The summed E-state index contributed by atoms with van der Waals surface area (Å²) in [7, 11) is 0.